The molecule has 0 saturated carbocycles. The fourth-order valence-corrected chi connectivity index (χ4v) is 5.57. The summed E-state index contributed by atoms with van der Waals surface area (Å²) in [5.74, 6) is -0.344. The molecule has 0 N–H and O–H groups in total. The minimum Gasteiger partial charge on any atom is -0.342 e. The third kappa shape index (κ3) is 4.97. The lowest BCUT2D eigenvalue weighted by Crippen LogP contribution is -2.27. The molecule has 0 aliphatic carbocycles. The fourth-order valence-electron chi connectivity index (χ4n) is 3.95. The lowest BCUT2D eigenvalue weighted by Gasteiger charge is -2.12. The molecule has 5 rings (SSSR count). The second-order valence-electron chi connectivity index (χ2n) is 7.98. The van der Waals surface area contributed by atoms with Gasteiger partial charge >= 0.3 is 0 Å². The Morgan fingerprint density at radius 2 is 1.63 bits per heavy atom. The summed E-state index contributed by atoms with van der Waals surface area (Å²) in [4.78, 5) is 27.3. The third-order valence-electron chi connectivity index (χ3n) is 5.66. The van der Waals surface area contributed by atoms with Crippen molar-refractivity contribution in [2.75, 3.05) is 0 Å². The molecule has 1 aromatic heterocycles. The van der Waals surface area contributed by atoms with E-state index in [1.165, 1.54) is 4.90 Å². The van der Waals surface area contributed by atoms with Gasteiger partial charge in [-0.3, -0.25) is 14.5 Å². The van der Waals surface area contributed by atoms with Crippen molar-refractivity contribution in [3.8, 4) is 0 Å². The molecule has 3 aromatic carbocycles. The lowest BCUT2D eigenvalue weighted by molar-refractivity contribution is -0.123. The number of carbonyl (C=O) groups excluding carboxylic acids is 2. The molecule has 9 heteroatoms. The number of aromatic nitrogens is 1. The van der Waals surface area contributed by atoms with E-state index in [-0.39, 0.29) is 17.7 Å². The van der Waals surface area contributed by atoms with E-state index in [1.807, 2.05) is 36.5 Å². The number of halogens is 4. The van der Waals surface area contributed by atoms with Crippen LogP contribution in [0, 0.1) is 0 Å². The van der Waals surface area contributed by atoms with E-state index in [4.69, 9.17) is 46.4 Å². The fraction of sp³-hybridized carbons (Fsp3) is 0.0769. The first-order valence-electron chi connectivity index (χ1n) is 10.5. The van der Waals surface area contributed by atoms with Gasteiger partial charge in [-0.05, 0) is 59.3 Å². The Balaban J connectivity index is 1.46. The number of para-hydroxylation sites is 1. The molecule has 0 spiro atoms. The van der Waals surface area contributed by atoms with Crippen LogP contribution in [0.5, 0.6) is 0 Å². The van der Waals surface area contributed by atoms with E-state index in [0.717, 1.165) is 39.4 Å². The van der Waals surface area contributed by atoms with Crippen LogP contribution in [0.2, 0.25) is 20.1 Å². The van der Waals surface area contributed by atoms with Crippen LogP contribution < -0.4 is 0 Å². The van der Waals surface area contributed by atoms with E-state index in [0.29, 0.717) is 31.5 Å². The van der Waals surface area contributed by atoms with Crippen molar-refractivity contribution in [1.29, 1.82) is 0 Å². The molecule has 4 nitrogen and oxygen atoms in total. The highest BCUT2D eigenvalue weighted by molar-refractivity contribution is 8.18. The van der Waals surface area contributed by atoms with Crippen molar-refractivity contribution in [2.24, 2.45) is 0 Å². The summed E-state index contributed by atoms with van der Waals surface area (Å²) in [5.41, 5.74) is 3.47. The highest BCUT2D eigenvalue weighted by Gasteiger charge is 2.35. The van der Waals surface area contributed by atoms with Crippen molar-refractivity contribution in [1.82, 2.24) is 9.47 Å². The molecule has 4 aromatic rings. The number of thioether (sulfide) groups is 1. The highest BCUT2D eigenvalue weighted by atomic mass is 35.5. The lowest BCUT2D eigenvalue weighted by atomic mass is 10.1. The van der Waals surface area contributed by atoms with Gasteiger partial charge in [0.1, 0.15) is 0 Å². The van der Waals surface area contributed by atoms with Crippen LogP contribution in [0.1, 0.15) is 16.7 Å². The van der Waals surface area contributed by atoms with Gasteiger partial charge in [-0.25, -0.2) is 0 Å². The normalized spacial score (nSPS) is 15.1. The molecule has 0 bridgehead atoms. The van der Waals surface area contributed by atoms with Gasteiger partial charge in [0.15, 0.2) is 0 Å². The first kappa shape index (κ1) is 24.3. The molecular formula is C26H16Cl4N2O2S. The zero-order valence-electron chi connectivity index (χ0n) is 18.0. The second kappa shape index (κ2) is 9.92. The maximum absolute atomic E-state index is 13.1. The number of carbonyl (C=O) groups is 2. The van der Waals surface area contributed by atoms with Crippen LogP contribution in [0.4, 0.5) is 4.79 Å². The predicted molar refractivity (Wildman–Crippen MR) is 145 cm³/mol. The first-order valence-corrected chi connectivity index (χ1v) is 12.8. The van der Waals surface area contributed by atoms with E-state index >= 15 is 0 Å². The number of nitrogens with zero attached hydrogens (tertiary/aromatic N) is 2. The monoisotopic (exact) mass is 560 g/mol. The molecular weight excluding hydrogens is 546 g/mol. The van der Waals surface area contributed by atoms with Crippen molar-refractivity contribution in [3.05, 3.63) is 109 Å². The number of imide groups is 1. The maximum Gasteiger partial charge on any atom is 0.293 e. The Morgan fingerprint density at radius 3 is 2.40 bits per heavy atom. The van der Waals surface area contributed by atoms with Gasteiger partial charge in [0, 0.05) is 39.3 Å². The molecule has 0 atom stereocenters. The SMILES string of the molecule is O=C1S/C(=C/c2cn(Cc3ccc(Cl)cc3Cl)c3ccccc23)C(=O)N1Cc1ccc(Cl)c(Cl)c1. The Labute approximate surface area is 226 Å². The summed E-state index contributed by atoms with van der Waals surface area (Å²) < 4.78 is 2.07. The number of rotatable bonds is 5. The van der Waals surface area contributed by atoms with Crippen LogP contribution in [0.25, 0.3) is 17.0 Å². The molecule has 1 aliphatic rings. The van der Waals surface area contributed by atoms with Gasteiger partial charge in [-0.1, -0.05) is 76.7 Å². The van der Waals surface area contributed by atoms with Crippen LogP contribution in [-0.4, -0.2) is 20.6 Å². The van der Waals surface area contributed by atoms with Gasteiger partial charge in [-0.2, -0.15) is 0 Å². The van der Waals surface area contributed by atoms with Gasteiger partial charge in [0.05, 0.1) is 21.5 Å². The number of hydrogen-bond donors (Lipinski definition) is 0. The van der Waals surface area contributed by atoms with Crippen LogP contribution in [-0.2, 0) is 17.9 Å². The molecule has 2 heterocycles. The number of hydrogen-bond acceptors (Lipinski definition) is 3. The molecule has 176 valence electrons. The van der Waals surface area contributed by atoms with Crippen LogP contribution >= 0.6 is 58.2 Å². The van der Waals surface area contributed by atoms with Crippen LogP contribution in [0.3, 0.4) is 0 Å². The van der Waals surface area contributed by atoms with E-state index < -0.39 is 0 Å². The minimum atomic E-state index is -0.344. The molecule has 1 aliphatic heterocycles. The topological polar surface area (TPSA) is 42.3 Å². The third-order valence-corrected chi connectivity index (χ3v) is 7.89. The standard InChI is InChI=1S/C26H16Cl4N2O2S/c27-18-7-6-16(21(29)11-18)13-31-14-17(19-3-1-2-4-23(19)31)10-24-25(33)32(26(34)35-24)12-15-5-8-20(28)22(30)9-15/h1-11,14H,12-13H2/b24-10+. The molecule has 35 heavy (non-hydrogen) atoms. The largest absolute Gasteiger partial charge is 0.342 e. The zero-order valence-corrected chi connectivity index (χ0v) is 21.8. The average molecular weight is 562 g/mol. The number of amides is 2. The van der Waals surface area contributed by atoms with Crippen molar-refractivity contribution < 1.29 is 9.59 Å². The molecule has 2 amide bonds. The van der Waals surface area contributed by atoms with Gasteiger partial charge in [-0.15, -0.1) is 0 Å². The molecule has 1 saturated heterocycles. The summed E-state index contributed by atoms with van der Waals surface area (Å²) in [6.45, 7) is 0.652. The summed E-state index contributed by atoms with van der Waals surface area (Å²) >= 11 is 25.4. The molecule has 0 radical (unpaired) electrons. The molecule has 1 fully saturated rings. The summed E-state index contributed by atoms with van der Waals surface area (Å²) in [5, 5.41) is 2.59. The average Bonchev–Trinajstić information content (AvgIpc) is 3.30. The highest BCUT2D eigenvalue weighted by Crippen LogP contribution is 2.36. The number of fused-ring (bicyclic) bond motifs is 1. The van der Waals surface area contributed by atoms with Gasteiger partial charge in [0.2, 0.25) is 0 Å². The van der Waals surface area contributed by atoms with Gasteiger partial charge < -0.3 is 4.57 Å². The van der Waals surface area contributed by atoms with Gasteiger partial charge in [0.25, 0.3) is 11.1 Å². The van der Waals surface area contributed by atoms with Crippen molar-refractivity contribution >= 4 is 86.3 Å². The summed E-state index contributed by atoms with van der Waals surface area (Å²) in [6.07, 6.45) is 3.73. The smallest absolute Gasteiger partial charge is 0.293 e. The minimum absolute atomic E-state index is 0.121. The van der Waals surface area contributed by atoms with E-state index in [2.05, 4.69) is 4.57 Å². The summed E-state index contributed by atoms with van der Waals surface area (Å²) in [6, 6.07) is 18.4. The van der Waals surface area contributed by atoms with Crippen molar-refractivity contribution in [3.63, 3.8) is 0 Å². The Hall–Kier alpha value is -2.41. The summed E-state index contributed by atoms with van der Waals surface area (Å²) in [7, 11) is 0. The quantitative estimate of drug-likeness (QED) is 0.229. The number of benzene rings is 3. The maximum atomic E-state index is 13.1. The predicted octanol–water partition coefficient (Wildman–Crippen LogP) is 8.54. The Bertz CT molecular complexity index is 1530. The van der Waals surface area contributed by atoms with E-state index in [9.17, 15) is 9.59 Å². The first-order chi connectivity index (χ1) is 16.8. The van der Waals surface area contributed by atoms with Crippen LogP contribution in [0.15, 0.2) is 71.8 Å². The Morgan fingerprint density at radius 1 is 0.829 bits per heavy atom. The second-order valence-corrected chi connectivity index (χ2v) is 10.6. The molecule has 0 unspecified atom stereocenters. The van der Waals surface area contributed by atoms with Crippen molar-refractivity contribution in [2.45, 2.75) is 13.1 Å². The zero-order chi connectivity index (χ0) is 24.7. The van der Waals surface area contributed by atoms with E-state index in [1.54, 1.807) is 36.4 Å². The Kier molecular flexibility index (Phi) is 6.88.